The zero-order chi connectivity index (χ0) is 52.7. The lowest BCUT2D eigenvalue weighted by Crippen LogP contribution is -2.54. The van der Waals surface area contributed by atoms with E-state index in [0.29, 0.717) is 77.3 Å². The molecule has 4 aromatic rings. The first kappa shape index (κ1) is 54.2. The predicted octanol–water partition coefficient (Wildman–Crippen LogP) is 3.24. The highest BCUT2D eigenvalue weighted by molar-refractivity contribution is 6.62. The highest BCUT2D eigenvalue weighted by Crippen LogP contribution is 2.31. The number of primary amides is 1. The molecule has 3 aliphatic rings. The largest absolute Gasteiger partial charge is 0.492 e. The van der Waals surface area contributed by atoms with Crippen molar-refractivity contribution in [2.45, 2.75) is 115 Å². The molecule has 3 aromatic carbocycles. The Balaban J connectivity index is 0.860. The number of urea groups is 1. The van der Waals surface area contributed by atoms with Crippen molar-refractivity contribution in [2.75, 3.05) is 30.3 Å². The van der Waals surface area contributed by atoms with Crippen LogP contribution in [0.4, 0.5) is 26.9 Å². The summed E-state index contributed by atoms with van der Waals surface area (Å²) in [4.78, 5) is 98.0. The molecule has 1 fully saturated rings. The number of ether oxygens (including phenoxy) is 2. The molecule has 0 spiro atoms. The van der Waals surface area contributed by atoms with E-state index in [4.69, 9.17) is 24.8 Å². The molecule has 0 radical (unpaired) electrons. The fourth-order valence-corrected chi connectivity index (χ4v) is 8.78. The number of hydrogen-bond acceptors (Lipinski definition) is 15. The van der Waals surface area contributed by atoms with Crippen LogP contribution in [0.25, 0.3) is 10.9 Å². The van der Waals surface area contributed by atoms with Gasteiger partial charge in [-0.3, -0.25) is 28.9 Å². The monoisotopic (exact) mass is 1020 g/mol. The van der Waals surface area contributed by atoms with Crippen molar-refractivity contribution >= 4 is 82.5 Å². The summed E-state index contributed by atoms with van der Waals surface area (Å²) in [6.45, 7) is 3.81. The normalized spacial score (nSPS) is 17.9. The number of para-hydroxylation sites is 1. The molecule has 0 bridgehead atoms. The number of unbranched alkanes of at least 4 members (excludes halogenated alkanes) is 2. The smallest absolute Gasteiger partial charge is 0.488 e. The number of benzene rings is 3. The van der Waals surface area contributed by atoms with E-state index in [1.54, 1.807) is 62.5 Å². The summed E-state index contributed by atoms with van der Waals surface area (Å²) in [6, 6.07) is 14.7. The van der Waals surface area contributed by atoms with Gasteiger partial charge in [-0.05, 0) is 104 Å². The molecule has 1 aliphatic carbocycles. The van der Waals surface area contributed by atoms with Crippen LogP contribution in [-0.4, -0.2) is 118 Å². The number of hydrogen-bond donors (Lipinski definition) is 9. The van der Waals surface area contributed by atoms with Gasteiger partial charge in [-0.15, -0.1) is 0 Å². The number of imide groups is 1. The summed E-state index contributed by atoms with van der Waals surface area (Å²) < 4.78 is 17.5. The number of aromatic nitrogens is 2. The van der Waals surface area contributed by atoms with Gasteiger partial charge >= 0.3 is 19.2 Å². The lowest BCUT2D eigenvalue weighted by atomic mass is 9.79. The zero-order valence-corrected chi connectivity index (χ0v) is 41.3. The summed E-state index contributed by atoms with van der Waals surface area (Å²) >= 11 is 0. The maximum atomic E-state index is 13.6. The topological polar surface area (TPSA) is 315 Å². The van der Waals surface area contributed by atoms with Gasteiger partial charge in [0.15, 0.2) is 0 Å². The summed E-state index contributed by atoms with van der Waals surface area (Å²) in [6.07, 6.45) is 7.45. The predicted molar refractivity (Wildman–Crippen MR) is 273 cm³/mol. The average Bonchev–Trinajstić information content (AvgIpc) is 3.87. The molecule has 7 rings (SSSR count). The van der Waals surface area contributed by atoms with E-state index in [0.717, 1.165) is 23.1 Å². The number of nitrogens with two attached hydrogens (primary N) is 1. The third-order valence-electron chi connectivity index (χ3n) is 12.8. The van der Waals surface area contributed by atoms with Crippen molar-refractivity contribution in [1.82, 2.24) is 36.1 Å². The number of rotatable bonds is 24. The number of nitrogens with zero attached hydrogens (tertiary/aromatic N) is 3. The van der Waals surface area contributed by atoms with Crippen molar-refractivity contribution < 1.29 is 57.8 Å². The number of alkyl carbamates (subject to hydrolysis) is 1. The first-order chi connectivity index (χ1) is 35.6. The van der Waals surface area contributed by atoms with Crippen LogP contribution in [0.1, 0.15) is 95.3 Å². The van der Waals surface area contributed by atoms with Crippen molar-refractivity contribution in [3.8, 4) is 5.75 Å². The molecule has 3 unspecified atom stereocenters. The minimum Gasteiger partial charge on any atom is -0.488 e. The molecular weight excluding hydrogens is 955 g/mol. The molecule has 74 heavy (non-hydrogen) atoms. The third kappa shape index (κ3) is 15.2. The van der Waals surface area contributed by atoms with Crippen LogP contribution < -0.4 is 47.8 Å². The molecule has 10 N–H and O–H groups in total. The summed E-state index contributed by atoms with van der Waals surface area (Å²) in [7, 11) is -1.25. The van der Waals surface area contributed by atoms with Gasteiger partial charge < -0.3 is 61.9 Å². The molecular formula is C51H63BN10O12. The van der Waals surface area contributed by atoms with Crippen molar-refractivity contribution in [2.24, 2.45) is 11.7 Å². The zero-order valence-electron chi connectivity index (χ0n) is 41.3. The molecule has 22 nitrogen and oxygen atoms in total. The standard InChI is InChI=1S/C51H63BN10O12/c1-30(2)45(60-42(64)11-4-3-5-25-62-43(65)22-23-44(62)66)48(68)59-39(9-7-24-54-49(53)69)47(67)57-33-14-12-31(13-15-33)29-72-51(70)56-28-41-37-21-16-34(26-38(37)52(71)74-41)58-50-55-27-32-8-6-10-40(46(32)61-50)73-36-19-17-35(63)18-20-36/h6,8,10,12-16,21-23,26-27,30,35-36,39,41,45,63,71H,3-5,7,9,11,17-20,24-25,28-29H2,1-2H3,(H,56,70)(H,57,67)(H,59,68)(H,60,64)(H3,53,54,69)(H,55,58,61). The molecule has 1 aromatic heterocycles. The first-order valence-corrected chi connectivity index (χ1v) is 24.9. The maximum Gasteiger partial charge on any atom is 0.492 e. The molecule has 23 heteroatoms. The summed E-state index contributed by atoms with van der Waals surface area (Å²) in [5.74, 6) is -1.59. The second-order valence-corrected chi connectivity index (χ2v) is 18.8. The number of aliphatic hydroxyl groups excluding tert-OH is 1. The molecule has 3 heterocycles. The van der Waals surface area contributed by atoms with E-state index in [-0.39, 0.29) is 81.4 Å². The van der Waals surface area contributed by atoms with Crippen LogP contribution in [0.2, 0.25) is 0 Å². The number of carbonyl (C=O) groups is 7. The van der Waals surface area contributed by atoms with E-state index in [9.17, 15) is 43.7 Å². The molecule has 1 saturated carbocycles. The molecule has 3 atom stereocenters. The minimum atomic E-state index is -1.25. The van der Waals surface area contributed by atoms with Crippen molar-refractivity contribution in [3.63, 3.8) is 0 Å². The van der Waals surface area contributed by atoms with Crippen LogP contribution in [0.3, 0.4) is 0 Å². The first-order valence-electron chi connectivity index (χ1n) is 24.9. The number of nitrogens with one attached hydrogen (secondary N) is 6. The number of anilines is 3. The van der Waals surface area contributed by atoms with E-state index in [1.165, 1.54) is 12.2 Å². The van der Waals surface area contributed by atoms with Gasteiger partial charge in [-0.25, -0.2) is 19.6 Å². The number of carbonyl (C=O) groups excluding carboxylic acids is 7. The van der Waals surface area contributed by atoms with E-state index < -0.39 is 49.2 Å². The summed E-state index contributed by atoms with van der Waals surface area (Å²) in [5.41, 5.74) is 8.63. The van der Waals surface area contributed by atoms with Gasteiger partial charge in [-0.2, -0.15) is 0 Å². The Morgan fingerprint density at radius 2 is 1.64 bits per heavy atom. The Kier molecular flexibility index (Phi) is 18.9. The molecule has 8 amide bonds. The maximum absolute atomic E-state index is 13.6. The lowest BCUT2D eigenvalue weighted by Gasteiger charge is -2.26. The Labute approximate surface area is 428 Å². The van der Waals surface area contributed by atoms with Gasteiger partial charge in [-0.1, -0.05) is 50.6 Å². The van der Waals surface area contributed by atoms with Crippen LogP contribution >= 0.6 is 0 Å². The molecule has 392 valence electrons. The van der Waals surface area contributed by atoms with Gasteiger partial charge in [0, 0.05) is 61.2 Å². The number of aliphatic hydroxyl groups is 1. The Bertz CT molecular complexity index is 2680. The van der Waals surface area contributed by atoms with E-state index in [2.05, 4.69) is 36.9 Å². The third-order valence-corrected chi connectivity index (χ3v) is 12.8. The average molecular weight is 1020 g/mol. The van der Waals surface area contributed by atoms with Crippen LogP contribution in [0.5, 0.6) is 5.75 Å². The van der Waals surface area contributed by atoms with Crippen LogP contribution in [-0.2, 0) is 40.0 Å². The highest BCUT2D eigenvalue weighted by Gasteiger charge is 2.36. The van der Waals surface area contributed by atoms with Gasteiger partial charge in [0.2, 0.25) is 23.7 Å². The van der Waals surface area contributed by atoms with Gasteiger partial charge in [0.25, 0.3) is 11.8 Å². The van der Waals surface area contributed by atoms with E-state index in [1.807, 2.05) is 18.2 Å². The van der Waals surface area contributed by atoms with Gasteiger partial charge in [0.05, 0.1) is 18.3 Å². The Hall–Kier alpha value is -7.63. The van der Waals surface area contributed by atoms with E-state index >= 15 is 0 Å². The quantitative estimate of drug-likeness (QED) is 0.0277. The lowest BCUT2D eigenvalue weighted by molar-refractivity contribution is -0.137. The Morgan fingerprint density at radius 3 is 2.36 bits per heavy atom. The molecule has 0 saturated heterocycles. The minimum absolute atomic E-state index is 0.00481. The Morgan fingerprint density at radius 1 is 0.892 bits per heavy atom. The van der Waals surface area contributed by atoms with Crippen molar-refractivity contribution in [1.29, 1.82) is 0 Å². The fourth-order valence-electron chi connectivity index (χ4n) is 8.78. The number of fused-ring (bicyclic) bond motifs is 2. The second-order valence-electron chi connectivity index (χ2n) is 18.8. The molecule has 2 aliphatic heterocycles. The van der Waals surface area contributed by atoms with Crippen LogP contribution in [0, 0.1) is 5.92 Å². The van der Waals surface area contributed by atoms with Crippen LogP contribution in [0.15, 0.2) is 79.0 Å². The van der Waals surface area contributed by atoms with Gasteiger partial charge in [0.1, 0.15) is 30.0 Å². The summed E-state index contributed by atoms with van der Waals surface area (Å²) in [5, 5.41) is 38.2. The van der Waals surface area contributed by atoms with Crippen molar-refractivity contribution in [3.05, 3.63) is 90.1 Å². The second kappa shape index (κ2) is 25.8. The fraction of sp³-hybridized carbons (Fsp3) is 0.431. The SMILES string of the molecule is CC(C)C(NC(=O)CCCCCN1C(=O)C=CC1=O)C(=O)NC(CCCNC(N)=O)C(=O)Nc1ccc(COC(=O)NCC2OB(O)c3cc(Nc4ncc5cccc(OC6CCC(O)CC6)c5n4)ccc32)cc1. The highest BCUT2D eigenvalue weighted by atomic mass is 16.6. The number of amides is 8.